The van der Waals surface area contributed by atoms with Crippen LogP contribution in [0.3, 0.4) is 0 Å². The number of rotatable bonds is 6. The van der Waals surface area contributed by atoms with Crippen LogP contribution < -0.4 is 10.1 Å². The Kier molecular flexibility index (Phi) is 5.23. The molecule has 4 nitrogen and oxygen atoms in total. The summed E-state index contributed by atoms with van der Waals surface area (Å²) in [5, 5.41) is 6.98. The maximum atomic E-state index is 12.2. The number of para-hydroxylation sites is 1. The number of ether oxygens (including phenoxy) is 1. The second-order valence-corrected chi connectivity index (χ2v) is 6.13. The van der Waals surface area contributed by atoms with Crippen LogP contribution in [0.25, 0.3) is 11.3 Å². The first-order chi connectivity index (χ1) is 11.7. The van der Waals surface area contributed by atoms with Crippen molar-refractivity contribution in [1.29, 1.82) is 0 Å². The number of hydrogen-bond acceptors (Lipinski definition) is 4. The summed E-state index contributed by atoms with van der Waals surface area (Å²) in [6.07, 6.45) is 1.21. The smallest absolute Gasteiger partial charge is 0.261 e. The Balaban J connectivity index is 1.57. The quantitative estimate of drug-likeness (QED) is 0.742. The Morgan fingerprint density at radius 1 is 1.25 bits per heavy atom. The van der Waals surface area contributed by atoms with Gasteiger partial charge in [-0.1, -0.05) is 18.2 Å². The molecule has 0 unspecified atom stereocenters. The Morgan fingerprint density at radius 2 is 2.08 bits per heavy atom. The molecule has 0 saturated heterocycles. The van der Waals surface area contributed by atoms with Crippen molar-refractivity contribution in [2.24, 2.45) is 0 Å². The number of carbonyl (C=O) groups is 1. The van der Waals surface area contributed by atoms with Gasteiger partial charge in [0.2, 0.25) is 0 Å². The maximum Gasteiger partial charge on any atom is 0.261 e. The van der Waals surface area contributed by atoms with Crippen molar-refractivity contribution in [2.75, 3.05) is 0 Å². The fraction of sp³-hybridized carbons (Fsp3) is 0.158. The normalized spacial score (nSPS) is 11.7. The number of carbonyl (C=O) groups excluding carboxylic acids is 1. The minimum absolute atomic E-state index is 0.146. The zero-order chi connectivity index (χ0) is 16.8. The number of pyridine rings is 1. The summed E-state index contributed by atoms with van der Waals surface area (Å²) >= 11 is 1.64. The number of nitrogens with one attached hydrogen (secondary N) is 1. The van der Waals surface area contributed by atoms with Crippen molar-refractivity contribution in [3.63, 3.8) is 0 Å². The van der Waals surface area contributed by atoms with E-state index in [9.17, 15) is 4.79 Å². The van der Waals surface area contributed by atoms with Gasteiger partial charge in [0.1, 0.15) is 5.75 Å². The first-order valence-corrected chi connectivity index (χ1v) is 8.63. The van der Waals surface area contributed by atoms with Crippen LogP contribution in [-0.2, 0) is 11.3 Å². The van der Waals surface area contributed by atoms with Crippen molar-refractivity contribution in [3.8, 4) is 17.0 Å². The third kappa shape index (κ3) is 4.20. The number of hydrogen-bond donors (Lipinski definition) is 1. The number of thiophene rings is 1. The number of amides is 1. The molecule has 1 N–H and O–H groups in total. The summed E-state index contributed by atoms with van der Waals surface area (Å²) in [7, 11) is 0. The molecule has 1 amide bonds. The molecule has 5 heteroatoms. The summed E-state index contributed by atoms with van der Waals surface area (Å²) < 4.78 is 5.62. The van der Waals surface area contributed by atoms with E-state index in [1.165, 1.54) is 0 Å². The predicted octanol–water partition coefficient (Wildman–Crippen LogP) is 3.89. The Hall–Kier alpha value is -2.66. The lowest BCUT2D eigenvalue weighted by molar-refractivity contribution is -0.127. The van der Waals surface area contributed by atoms with Gasteiger partial charge in [-0.15, -0.1) is 0 Å². The summed E-state index contributed by atoms with van der Waals surface area (Å²) in [6.45, 7) is 2.19. The van der Waals surface area contributed by atoms with E-state index in [-0.39, 0.29) is 5.91 Å². The second-order valence-electron chi connectivity index (χ2n) is 5.35. The van der Waals surface area contributed by atoms with Crippen molar-refractivity contribution >= 4 is 17.2 Å². The lowest BCUT2D eigenvalue weighted by Gasteiger charge is -2.14. The fourth-order valence-corrected chi connectivity index (χ4v) is 2.89. The molecule has 1 aromatic carbocycles. The minimum Gasteiger partial charge on any atom is -0.481 e. The molecule has 0 radical (unpaired) electrons. The summed E-state index contributed by atoms with van der Waals surface area (Å²) in [5.74, 6) is 0.538. The first kappa shape index (κ1) is 16.2. The summed E-state index contributed by atoms with van der Waals surface area (Å²) in [4.78, 5) is 16.6. The first-order valence-electron chi connectivity index (χ1n) is 7.69. The third-order valence-corrected chi connectivity index (χ3v) is 4.22. The molecule has 0 bridgehead atoms. The molecule has 2 aromatic heterocycles. The highest BCUT2D eigenvalue weighted by atomic mass is 32.1. The molecule has 1 atom stereocenters. The monoisotopic (exact) mass is 338 g/mol. The summed E-state index contributed by atoms with van der Waals surface area (Å²) in [6, 6.07) is 15.3. The van der Waals surface area contributed by atoms with E-state index >= 15 is 0 Å². The van der Waals surface area contributed by atoms with Gasteiger partial charge in [-0.2, -0.15) is 11.3 Å². The van der Waals surface area contributed by atoms with Crippen LogP contribution in [-0.4, -0.2) is 17.0 Å². The largest absolute Gasteiger partial charge is 0.481 e. The second kappa shape index (κ2) is 7.75. The summed E-state index contributed by atoms with van der Waals surface area (Å²) in [5.41, 5.74) is 3.01. The van der Waals surface area contributed by atoms with Crippen molar-refractivity contribution < 1.29 is 9.53 Å². The van der Waals surface area contributed by atoms with Gasteiger partial charge in [0.25, 0.3) is 5.91 Å². The van der Waals surface area contributed by atoms with Crippen LogP contribution in [0.5, 0.6) is 5.75 Å². The zero-order valence-electron chi connectivity index (χ0n) is 13.3. The minimum atomic E-state index is -0.550. The van der Waals surface area contributed by atoms with Gasteiger partial charge < -0.3 is 10.1 Å². The highest BCUT2D eigenvalue weighted by molar-refractivity contribution is 7.08. The van der Waals surface area contributed by atoms with Gasteiger partial charge >= 0.3 is 0 Å². The Bertz CT molecular complexity index is 788. The average molecular weight is 338 g/mol. The van der Waals surface area contributed by atoms with E-state index in [0.717, 1.165) is 16.8 Å². The van der Waals surface area contributed by atoms with Crippen LogP contribution in [0.15, 0.2) is 65.5 Å². The van der Waals surface area contributed by atoms with Gasteiger partial charge in [0, 0.05) is 23.7 Å². The molecule has 122 valence electrons. The molecule has 0 saturated carbocycles. The van der Waals surface area contributed by atoms with E-state index in [2.05, 4.69) is 15.7 Å². The van der Waals surface area contributed by atoms with E-state index in [1.807, 2.05) is 53.9 Å². The Labute approximate surface area is 145 Å². The molecular formula is C19H18N2O2S. The number of benzene rings is 1. The van der Waals surface area contributed by atoms with Gasteiger partial charge in [0.15, 0.2) is 6.10 Å². The Morgan fingerprint density at radius 3 is 2.83 bits per heavy atom. The third-order valence-electron chi connectivity index (χ3n) is 3.53. The van der Waals surface area contributed by atoms with E-state index in [0.29, 0.717) is 12.3 Å². The van der Waals surface area contributed by atoms with Crippen molar-refractivity contribution in [2.45, 2.75) is 19.6 Å². The number of aromatic nitrogens is 1. The van der Waals surface area contributed by atoms with E-state index < -0.39 is 6.10 Å². The van der Waals surface area contributed by atoms with Crippen LogP contribution in [0, 0.1) is 0 Å². The van der Waals surface area contributed by atoms with Crippen molar-refractivity contribution in [3.05, 3.63) is 71.1 Å². The highest BCUT2D eigenvalue weighted by Gasteiger charge is 2.14. The van der Waals surface area contributed by atoms with Gasteiger partial charge in [-0.3, -0.25) is 9.78 Å². The van der Waals surface area contributed by atoms with Crippen LogP contribution >= 0.6 is 11.3 Å². The topological polar surface area (TPSA) is 51.2 Å². The molecule has 0 spiro atoms. The molecule has 2 heterocycles. The van der Waals surface area contributed by atoms with Gasteiger partial charge in [-0.25, -0.2) is 0 Å². The maximum absolute atomic E-state index is 12.2. The molecular weight excluding hydrogens is 320 g/mol. The predicted molar refractivity (Wildman–Crippen MR) is 95.9 cm³/mol. The fourth-order valence-electron chi connectivity index (χ4n) is 2.24. The molecule has 0 aliphatic carbocycles. The van der Waals surface area contributed by atoms with Crippen LogP contribution in [0.1, 0.15) is 12.5 Å². The molecule has 3 aromatic rings. The van der Waals surface area contributed by atoms with E-state index in [1.54, 1.807) is 24.5 Å². The highest BCUT2D eigenvalue weighted by Crippen LogP contribution is 2.20. The molecule has 0 fully saturated rings. The SMILES string of the molecule is C[C@H](Oc1ccccc1)C(=O)NCc1ccnc(-c2ccsc2)c1. The van der Waals surface area contributed by atoms with E-state index in [4.69, 9.17) is 4.74 Å². The lowest BCUT2D eigenvalue weighted by atomic mass is 10.1. The molecule has 0 aliphatic rings. The lowest BCUT2D eigenvalue weighted by Crippen LogP contribution is -2.35. The van der Waals surface area contributed by atoms with Crippen molar-refractivity contribution in [1.82, 2.24) is 10.3 Å². The zero-order valence-corrected chi connectivity index (χ0v) is 14.1. The standard InChI is InChI=1S/C19H18N2O2S/c1-14(23-17-5-3-2-4-6-17)19(22)21-12-15-7-9-20-18(11-15)16-8-10-24-13-16/h2-11,13-14H,12H2,1H3,(H,21,22)/t14-/m0/s1. The number of nitrogens with zero attached hydrogens (tertiary/aromatic N) is 1. The average Bonchev–Trinajstić information content (AvgIpc) is 3.15. The molecule has 3 rings (SSSR count). The molecule has 24 heavy (non-hydrogen) atoms. The van der Waals surface area contributed by atoms with Gasteiger partial charge in [0.05, 0.1) is 5.69 Å². The van der Waals surface area contributed by atoms with Crippen LogP contribution in [0.2, 0.25) is 0 Å². The van der Waals surface area contributed by atoms with Crippen LogP contribution in [0.4, 0.5) is 0 Å². The van der Waals surface area contributed by atoms with Gasteiger partial charge in [-0.05, 0) is 48.2 Å². The molecule has 0 aliphatic heterocycles.